The van der Waals surface area contributed by atoms with Crippen LogP contribution in [0.2, 0.25) is 0 Å². The molecule has 5 rings (SSSR count). The lowest BCUT2D eigenvalue weighted by atomic mass is 9.85. The number of hydrogen-bond donors (Lipinski definition) is 0. The second-order valence-corrected chi connectivity index (χ2v) is 10.8. The predicted octanol–water partition coefficient (Wildman–Crippen LogP) is 8.81. The molecule has 0 N–H and O–H groups in total. The van der Waals surface area contributed by atoms with Crippen LogP contribution in [0.1, 0.15) is 50.0 Å². The van der Waals surface area contributed by atoms with Gasteiger partial charge in [-0.15, -0.1) is 0 Å². The SMILES string of the molecule is [2H]c1c([2H])c([2H])c(-c2c([N+]#[C-])ccc3c2oc2c(-c4cc(C)c(CC(C)(C)C)c(C)[n+]4C)c(C)ccc23)c([2H])c1[2H]. The van der Waals surface area contributed by atoms with Crippen LogP contribution in [0.5, 0.6) is 0 Å². The first-order valence-electron chi connectivity index (χ1n) is 14.6. The van der Waals surface area contributed by atoms with Crippen LogP contribution in [0.4, 0.5) is 5.69 Å². The minimum atomic E-state index is -0.476. The maximum atomic E-state index is 8.60. The summed E-state index contributed by atoms with van der Waals surface area (Å²) in [5, 5.41) is 1.55. The fourth-order valence-corrected chi connectivity index (χ4v) is 5.11. The van der Waals surface area contributed by atoms with Gasteiger partial charge in [-0.05, 0) is 42.4 Å². The highest BCUT2D eigenvalue weighted by molar-refractivity contribution is 6.15. The highest BCUT2D eigenvalue weighted by Crippen LogP contribution is 2.44. The lowest BCUT2D eigenvalue weighted by Gasteiger charge is -2.21. The second-order valence-electron chi connectivity index (χ2n) is 10.8. The van der Waals surface area contributed by atoms with Crippen LogP contribution in [0.3, 0.4) is 0 Å². The highest BCUT2D eigenvalue weighted by Gasteiger charge is 2.27. The van der Waals surface area contributed by atoms with Crippen LogP contribution in [-0.2, 0) is 13.5 Å². The summed E-state index contributed by atoms with van der Waals surface area (Å²) in [6.07, 6.45) is 0.952. The van der Waals surface area contributed by atoms with E-state index >= 15 is 0 Å². The molecular formula is C33H33N2O+. The van der Waals surface area contributed by atoms with Gasteiger partial charge in [0, 0.05) is 34.9 Å². The molecule has 0 radical (unpaired) electrons. The molecule has 0 amide bonds. The third kappa shape index (κ3) is 3.88. The van der Waals surface area contributed by atoms with Gasteiger partial charge in [0.25, 0.3) is 0 Å². The van der Waals surface area contributed by atoms with Crippen LogP contribution in [0, 0.1) is 32.8 Å². The molecule has 2 heterocycles. The quantitative estimate of drug-likeness (QED) is 0.187. The molecule has 0 saturated heterocycles. The van der Waals surface area contributed by atoms with E-state index in [0.29, 0.717) is 11.2 Å². The number of benzene rings is 3. The number of nitrogens with zero attached hydrogens (tertiary/aromatic N) is 2. The Morgan fingerprint density at radius 1 is 0.917 bits per heavy atom. The first-order valence-corrected chi connectivity index (χ1v) is 12.1. The Balaban J connectivity index is 1.89. The Morgan fingerprint density at radius 2 is 1.56 bits per heavy atom. The van der Waals surface area contributed by atoms with E-state index in [1.54, 1.807) is 6.07 Å². The Kier molecular flexibility index (Phi) is 4.41. The number of aryl methyl sites for hydroxylation is 2. The van der Waals surface area contributed by atoms with Gasteiger partial charge in [-0.3, -0.25) is 0 Å². The summed E-state index contributed by atoms with van der Waals surface area (Å²) in [5.41, 5.74) is 8.09. The van der Waals surface area contributed by atoms with Crippen molar-refractivity contribution in [3.8, 4) is 22.4 Å². The lowest BCUT2D eigenvalue weighted by molar-refractivity contribution is -0.667. The number of pyridine rings is 1. The first kappa shape index (κ1) is 18.4. The molecule has 0 fully saturated rings. The van der Waals surface area contributed by atoms with Crippen molar-refractivity contribution in [1.82, 2.24) is 0 Å². The van der Waals surface area contributed by atoms with Crippen molar-refractivity contribution in [2.45, 2.75) is 48.0 Å². The summed E-state index contributed by atoms with van der Waals surface area (Å²) in [5.74, 6) is 0. The van der Waals surface area contributed by atoms with Gasteiger partial charge in [0.05, 0.1) is 19.0 Å². The number of rotatable bonds is 3. The van der Waals surface area contributed by atoms with Crippen LogP contribution in [-0.4, -0.2) is 0 Å². The molecule has 36 heavy (non-hydrogen) atoms. The van der Waals surface area contributed by atoms with Crippen LogP contribution in [0.15, 0.2) is 65.0 Å². The largest absolute Gasteiger partial charge is 0.456 e. The first-order chi connectivity index (χ1) is 19.2. The summed E-state index contributed by atoms with van der Waals surface area (Å²) in [7, 11) is 2.06. The Hall–Kier alpha value is -3.90. The molecule has 0 bridgehead atoms. The van der Waals surface area contributed by atoms with Crippen LogP contribution < -0.4 is 4.57 Å². The summed E-state index contributed by atoms with van der Waals surface area (Å²) < 4.78 is 50.5. The Morgan fingerprint density at radius 3 is 2.19 bits per heavy atom. The van der Waals surface area contributed by atoms with E-state index in [2.05, 4.69) is 57.1 Å². The zero-order chi connectivity index (χ0) is 30.1. The van der Waals surface area contributed by atoms with Gasteiger partial charge in [-0.1, -0.05) is 75.2 Å². The minimum absolute atomic E-state index is 0.0336. The monoisotopic (exact) mass is 478 g/mol. The number of furan rings is 1. The van der Waals surface area contributed by atoms with Gasteiger partial charge in [0.1, 0.15) is 18.2 Å². The third-order valence-electron chi connectivity index (χ3n) is 6.96. The van der Waals surface area contributed by atoms with Crippen molar-refractivity contribution in [2.24, 2.45) is 12.5 Å². The summed E-state index contributed by atoms with van der Waals surface area (Å²) in [6.45, 7) is 20.9. The van der Waals surface area contributed by atoms with Gasteiger partial charge < -0.3 is 4.42 Å². The van der Waals surface area contributed by atoms with Crippen LogP contribution in [0.25, 0.3) is 49.2 Å². The van der Waals surface area contributed by atoms with E-state index in [1.165, 1.54) is 16.8 Å². The van der Waals surface area contributed by atoms with E-state index in [0.717, 1.165) is 34.0 Å². The lowest BCUT2D eigenvalue weighted by Crippen LogP contribution is -2.37. The van der Waals surface area contributed by atoms with E-state index < -0.39 is 18.1 Å². The van der Waals surface area contributed by atoms with Crippen LogP contribution >= 0.6 is 0 Å². The van der Waals surface area contributed by atoms with Crippen molar-refractivity contribution in [2.75, 3.05) is 0 Å². The summed E-state index contributed by atoms with van der Waals surface area (Å²) in [4.78, 5) is 3.66. The van der Waals surface area contributed by atoms with Gasteiger partial charge in [0.2, 0.25) is 5.69 Å². The van der Waals surface area contributed by atoms with E-state index in [1.807, 2.05) is 25.1 Å². The molecule has 3 aromatic carbocycles. The number of hydrogen-bond acceptors (Lipinski definition) is 1. The topological polar surface area (TPSA) is 21.4 Å². The average Bonchev–Trinajstić information content (AvgIpc) is 3.29. The standard InChI is InChI=1S/C33H33N2O/c1-20-14-15-24-25-16-17-27(34-7)30(23-12-10-9-11-13-23)32(25)36-31(24)29(20)28-18-21(2)26(19-33(4,5)6)22(3)35(28)8/h9-18H,19H2,1-6,8H3/q+1/i9D,10D,11D,12D,13D. The molecule has 2 aromatic heterocycles. The molecular weight excluding hydrogens is 440 g/mol. The molecule has 0 aliphatic rings. The molecule has 0 unspecified atom stereocenters. The van der Waals surface area contributed by atoms with Crippen molar-refractivity contribution < 1.29 is 15.8 Å². The normalized spacial score (nSPS) is 13.8. The van der Waals surface area contributed by atoms with E-state index in [9.17, 15) is 0 Å². The number of aromatic nitrogens is 1. The minimum Gasteiger partial charge on any atom is -0.456 e. The molecule has 0 aliphatic carbocycles. The smallest absolute Gasteiger partial charge is 0.216 e. The summed E-state index contributed by atoms with van der Waals surface area (Å²) in [6, 6.07) is 7.58. The maximum Gasteiger partial charge on any atom is 0.216 e. The molecule has 180 valence electrons. The molecule has 3 heteroatoms. The van der Waals surface area contributed by atoms with Gasteiger partial charge in [-0.2, -0.15) is 4.57 Å². The number of fused-ring (bicyclic) bond motifs is 3. The highest BCUT2D eigenvalue weighted by atomic mass is 16.3. The van der Waals surface area contributed by atoms with Crippen molar-refractivity contribution in [3.63, 3.8) is 0 Å². The van der Waals surface area contributed by atoms with E-state index in [4.69, 9.17) is 17.8 Å². The molecule has 3 nitrogen and oxygen atoms in total. The van der Waals surface area contributed by atoms with Gasteiger partial charge in [-0.25, -0.2) is 4.85 Å². The predicted molar refractivity (Wildman–Crippen MR) is 149 cm³/mol. The van der Waals surface area contributed by atoms with E-state index in [-0.39, 0.29) is 34.3 Å². The molecule has 0 saturated carbocycles. The Bertz CT molecular complexity index is 1930. The van der Waals surface area contributed by atoms with Crippen molar-refractivity contribution >= 4 is 27.6 Å². The van der Waals surface area contributed by atoms with Crippen molar-refractivity contribution in [3.05, 3.63) is 94.3 Å². The van der Waals surface area contributed by atoms with Gasteiger partial charge >= 0.3 is 0 Å². The zero-order valence-corrected chi connectivity index (χ0v) is 21.9. The molecule has 0 spiro atoms. The fourth-order valence-electron chi connectivity index (χ4n) is 5.11. The molecule has 0 atom stereocenters. The Labute approximate surface area is 220 Å². The second kappa shape index (κ2) is 8.64. The fraction of sp³-hybridized carbons (Fsp3) is 0.273. The molecule has 5 aromatic rings. The maximum absolute atomic E-state index is 8.60. The third-order valence-corrected chi connectivity index (χ3v) is 6.96. The van der Waals surface area contributed by atoms with Crippen molar-refractivity contribution in [1.29, 1.82) is 0 Å². The average molecular weight is 479 g/mol. The zero-order valence-electron chi connectivity index (χ0n) is 26.9. The summed E-state index contributed by atoms with van der Waals surface area (Å²) >= 11 is 0. The van der Waals surface area contributed by atoms with Gasteiger partial charge in [0.15, 0.2) is 11.4 Å². The molecule has 0 aliphatic heterocycles.